The Balaban J connectivity index is 0. The average Bonchev–Trinajstić information content (AvgIpc) is 1.37. The standard InChI is InChI=1S/Al.ClH3P2/c;1-3-2/h;3H,2H2/i;2T. The van der Waals surface area contributed by atoms with Gasteiger partial charge in [0.15, 0.2) is 0 Å². The lowest BCUT2D eigenvalue weighted by Crippen LogP contribution is -0.599. The van der Waals surface area contributed by atoms with Crippen molar-refractivity contribution in [1.82, 2.24) is 0 Å². The highest BCUT2D eigenvalue weighted by Gasteiger charge is 1.36. The van der Waals surface area contributed by atoms with Gasteiger partial charge in [-0.3, -0.25) is 0 Å². The monoisotopic (exact) mass is 129 g/mol. The molecule has 0 spiro atoms. The highest BCUT2D eigenvalue weighted by Crippen LogP contribution is 2.24. The Hall–Kier alpha value is 1.68. The van der Waals surface area contributed by atoms with Gasteiger partial charge in [0.25, 0.3) is 0 Å². The Morgan fingerprint density at radius 1 is 2.25 bits per heavy atom. The summed E-state index contributed by atoms with van der Waals surface area (Å²) in [4.78, 5) is 0. The minimum Gasteiger partial charge on any atom is -0.0983 e. The summed E-state index contributed by atoms with van der Waals surface area (Å²) in [5.41, 5.74) is 0. The van der Waals surface area contributed by atoms with Crippen LogP contribution in [0.4, 0.5) is 0 Å². The van der Waals surface area contributed by atoms with Crippen LogP contribution in [0.5, 0.6) is 0 Å². The van der Waals surface area contributed by atoms with E-state index in [1.807, 2.05) is 0 Å². The van der Waals surface area contributed by atoms with Crippen LogP contribution in [0.25, 0.3) is 0 Å². The minimum absolute atomic E-state index is 0. The van der Waals surface area contributed by atoms with Crippen LogP contribution in [-0.4, -0.2) is 18.6 Å². The van der Waals surface area contributed by atoms with Crippen LogP contribution in [0.3, 0.4) is 0 Å². The van der Waals surface area contributed by atoms with E-state index in [4.69, 9.17) is 12.5 Å². The molecule has 0 amide bonds. The van der Waals surface area contributed by atoms with Crippen molar-refractivity contribution in [2.45, 2.75) is 0 Å². The molecular weight excluding hydrogens is 124 g/mol. The molecule has 0 aromatic rings. The van der Waals surface area contributed by atoms with Crippen molar-refractivity contribution in [3.63, 3.8) is 0 Å². The van der Waals surface area contributed by atoms with Crippen LogP contribution < -0.4 is 0 Å². The summed E-state index contributed by atoms with van der Waals surface area (Å²) in [6.07, 6.45) is 0. The first-order chi connectivity index (χ1) is 1.91. The Morgan fingerprint density at radius 2 is 2.50 bits per heavy atom. The molecule has 0 rings (SSSR count). The second-order valence-corrected chi connectivity index (χ2v) is 2.55. The van der Waals surface area contributed by atoms with E-state index in [1.165, 1.54) is 0 Å². The molecule has 0 aromatic heterocycles. The zero-order chi connectivity index (χ0) is 3.41. The molecule has 0 nitrogen and oxygen atoms in total. The smallest absolute Gasteiger partial charge is 0.0603 e. The van der Waals surface area contributed by atoms with Crippen LogP contribution in [0.2, 0.25) is 0 Å². The third-order valence-corrected chi connectivity index (χ3v) is 0. The van der Waals surface area contributed by atoms with E-state index in [-0.39, 0.29) is 26.2 Å². The highest BCUT2D eigenvalue weighted by molar-refractivity contribution is 8.16. The van der Waals surface area contributed by atoms with E-state index >= 15 is 0 Å². The van der Waals surface area contributed by atoms with Gasteiger partial charge in [-0.2, -0.15) is 0 Å². The number of hydrogen-bond acceptors (Lipinski definition) is 0. The normalized spacial score (nSPS) is 13.8. The lowest BCUT2D eigenvalue weighted by atomic mass is 27.0. The SMILES string of the molecule is [3H]PPCl.[Al]. The van der Waals surface area contributed by atoms with E-state index < -0.39 is 0 Å². The van der Waals surface area contributed by atoms with Crippen LogP contribution in [0.1, 0.15) is 0 Å². The summed E-state index contributed by atoms with van der Waals surface area (Å²) in [7, 11) is 0.491. The van der Waals surface area contributed by atoms with Crippen molar-refractivity contribution >= 4 is 45.1 Å². The maximum atomic E-state index is 6.36. The molecule has 4 heavy (non-hydrogen) atoms. The molecule has 4 heteroatoms. The first-order valence-electron chi connectivity index (χ1n) is 0.939. The van der Waals surface area contributed by atoms with E-state index in [1.54, 1.807) is 0 Å². The third kappa shape index (κ3) is 9.36. The second kappa shape index (κ2) is 8.82. The van der Waals surface area contributed by atoms with Gasteiger partial charge in [0.2, 0.25) is 0 Å². The quantitative estimate of drug-likeness (QED) is 0.369. The number of halogens is 1. The summed E-state index contributed by atoms with van der Waals surface area (Å²) >= 11 is 5.04. The molecule has 0 bridgehead atoms. The highest BCUT2D eigenvalue weighted by atomic mass is 35.7. The summed E-state index contributed by atoms with van der Waals surface area (Å²) in [6, 6.07) is 0. The summed E-state index contributed by atoms with van der Waals surface area (Å²) in [5.74, 6) is 0. The van der Waals surface area contributed by atoms with Gasteiger partial charge in [-0.1, -0.05) is 20.1 Å². The first-order valence-corrected chi connectivity index (χ1v) is 3.95. The average molecular weight is 129 g/mol. The molecule has 0 saturated heterocycles. The zero-order valence-electron chi connectivity index (χ0n) is 2.96. The molecule has 0 fully saturated rings. The largest absolute Gasteiger partial charge is 0.0983 e. The Morgan fingerprint density at radius 3 is 2.50 bits per heavy atom. The Kier molecular flexibility index (Phi) is 12.5. The summed E-state index contributed by atoms with van der Waals surface area (Å²) in [5, 5.41) is 0. The molecule has 0 aliphatic rings. The lowest BCUT2D eigenvalue weighted by Gasteiger charge is -1.47. The van der Waals surface area contributed by atoms with Crippen molar-refractivity contribution in [1.29, 1.82) is 1.28 Å². The van der Waals surface area contributed by atoms with Crippen molar-refractivity contribution < 1.29 is 0 Å². The fourth-order valence-corrected chi connectivity index (χ4v) is 0. The topological polar surface area (TPSA) is 0 Å². The molecule has 2 atom stereocenters. The fourth-order valence-electron chi connectivity index (χ4n) is 0. The minimum atomic E-state index is 0. The molecule has 0 aliphatic carbocycles. The number of hydrogen-bond donors (Lipinski definition) is 0. The Labute approximate surface area is 46.8 Å². The van der Waals surface area contributed by atoms with Crippen LogP contribution in [-0.2, 0) is 0 Å². The third-order valence-electron chi connectivity index (χ3n) is 0. The van der Waals surface area contributed by atoms with E-state index in [9.17, 15) is 0 Å². The lowest BCUT2D eigenvalue weighted by molar-refractivity contribution is 5.08. The van der Waals surface area contributed by atoms with Gasteiger partial charge in [-0.15, -0.1) is 0 Å². The van der Waals surface area contributed by atoms with Crippen molar-refractivity contribution in [3.8, 4) is 0 Å². The van der Waals surface area contributed by atoms with Gasteiger partial charge in [0, 0.05) is 17.4 Å². The van der Waals surface area contributed by atoms with E-state index in [2.05, 4.69) is 0 Å². The van der Waals surface area contributed by atoms with E-state index in [0.717, 1.165) is 0 Å². The van der Waals surface area contributed by atoms with Gasteiger partial charge >= 0.3 is 0 Å². The van der Waals surface area contributed by atoms with Gasteiger partial charge in [0.05, 0.1) is 1.28 Å². The van der Waals surface area contributed by atoms with Gasteiger partial charge in [0.1, 0.15) is 0 Å². The first kappa shape index (κ1) is 5.68. The molecule has 0 aliphatic heterocycles. The van der Waals surface area contributed by atoms with Crippen LogP contribution >= 0.6 is 27.7 Å². The van der Waals surface area contributed by atoms with Crippen molar-refractivity contribution in [2.75, 3.05) is 0 Å². The van der Waals surface area contributed by atoms with Gasteiger partial charge in [-0.05, 0) is 7.62 Å². The molecule has 0 heterocycles. The molecule has 0 saturated carbocycles. The molecule has 3 radical (unpaired) electrons. The summed E-state index contributed by atoms with van der Waals surface area (Å²) < 4.78 is 6.36. The maximum absolute atomic E-state index is 6.36. The van der Waals surface area contributed by atoms with E-state index in [0.29, 0.717) is 7.62 Å². The van der Waals surface area contributed by atoms with Crippen molar-refractivity contribution in [3.05, 3.63) is 0 Å². The summed E-state index contributed by atoms with van der Waals surface area (Å²) in [6.45, 7) is 0. The number of rotatable bonds is 1. The molecule has 23 valence electrons. The van der Waals surface area contributed by atoms with Crippen molar-refractivity contribution in [2.24, 2.45) is 0 Å². The molecule has 2 unspecified atom stereocenters. The molecule has 0 N–H and O–H groups in total. The zero-order valence-corrected chi connectivity index (χ0v) is 5.87. The van der Waals surface area contributed by atoms with Gasteiger partial charge in [-0.25, -0.2) is 0 Å². The fraction of sp³-hybridized carbons (Fsp3) is 0. The van der Waals surface area contributed by atoms with Crippen LogP contribution in [0, 0.1) is 0 Å². The van der Waals surface area contributed by atoms with Gasteiger partial charge < -0.3 is 0 Å². The predicted octanol–water partition coefficient (Wildman–Crippen LogP) is 1.23. The molecular formula is H3AlClP2. The predicted molar refractivity (Wildman–Crippen MR) is 29.6 cm³/mol. The molecule has 0 aromatic carbocycles. The Bertz CT molecular complexity index is 11.6. The van der Waals surface area contributed by atoms with Crippen LogP contribution in [0.15, 0.2) is 0 Å². The maximum Gasteiger partial charge on any atom is 0.0603 e. The second-order valence-electron chi connectivity index (χ2n) is 0.0945.